The van der Waals surface area contributed by atoms with Crippen LogP contribution in [-0.4, -0.2) is 26.0 Å². The summed E-state index contributed by atoms with van der Waals surface area (Å²) in [5.74, 6) is 0.461. The van der Waals surface area contributed by atoms with Gasteiger partial charge < -0.3 is 10.6 Å². The molecule has 0 saturated carbocycles. The Labute approximate surface area is 104 Å². The first-order chi connectivity index (χ1) is 8.04. The minimum absolute atomic E-state index is 0.0224. The van der Waals surface area contributed by atoms with Crippen LogP contribution in [0, 0.1) is 19.8 Å². The molecule has 94 valence electrons. The summed E-state index contributed by atoms with van der Waals surface area (Å²) in [6.07, 6.45) is 0. The Kier molecular flexibility index (Phi) is 5.16. The van der Waals surface area contributed by atoms with Crippen LogP contribution in [0.4, 0.5) is 0 Å². The first-order valence-corrected chi connectivity index (χ1v) is 6.04. The molecule has 0 spiro atoms. The highest BCUT2D eigenvalue weighted by Crippen LogP contribution is 2.10. The van der Waals surface area contributed by atoms with Crippen LogP contribution in [0.5, 0.6) is 0 Å². The number of amides is 1. The summed E-state index contributed by atoms with van der Waals surface area (Å²) in [5.41, 5.74) is 2.92. The van der Waals surface area contributed by atoms with Crippen LogP contribution in [0.15, 0.2) is 18.2 Å². The van der Waals surface area contributed by atoms with Crippen molar-refractivity contribution in [3.05, 3.63) is 34.9 Å². The molecule has 1 aromatic rings. The monoisotopic (exact) mass is 234 g/mol. The van der Waals surface area contributed by atoms with E-state index in [4.69, 9.17) is 0 Å². The molecule has 1 aromatic carbocycles. The summed E-state index contributed by atoms with van der Waals surface area (Å²) in [4.78, 5) is 12.0. The molecule has 2 N–H and O–H groups in total. The van der Waals surface area contributed by atoms with Crippen molar-refractivity contribution in [2.75, 3.05) is 20.1 Å². The summed E-state index contributed by atoms with van der Waals surface area (Å²) in [5, 5.41) is 6.07. The summed E-state index contributed by atoms with van der Waals surface area (Å²) in [6.45, 7) is 7.69. The predicted molar refractivity (Wildman–Crippen MR) is 71.3 cm³/mol. The number of rotatable bonds is 5. The highest BCUT2D eigenvalue weighted by atomic mass is 16.1. The van der Waals surface area contributed by atoms with E-state index in [9.17, 15) is 4.79 Å². The normalized spacial score (nSPS) is 12.2. The van der Waals surface area contributed by atoms with E-state index in [1.165, 1.54) is 0 Å². The van der Waals surface area contributed by atoms with Gasteiger partial charge in [-0.1, -0.05) is 24.6 Å². The van der Waals surface area contributed by atoms with Gasteiger partial charge in [-0.05, 0) is 45.0 Å². The zero-order valence-corrected chi connectivity index (χ0v) is 11.1. The number of carbonyl (C=O) groups excluding carboxylic acids is 1. The maximum Gasteiger partial charge on any atom is 0.251 e. The SMILES string of the molecule is CNCC(C)CNC(=O)c1cc(C)ccc1C. The topological polar surface area (TPSA) is 41.1 Å². The third-order valence-electron chi connectivity index (χ3n) is 2.80. The quantitative estimate of drug-likeness (QED) is 0.817. The van der Waals surface area contributed by atoms with E-state index in [0.29, 0.717) is 12.5 Å². The van der Waals surface area contributed by atoms with Gasteiger partial charge >= 0.3 is 0 Å². The van der Waals surface area contributed by atoms with Gasteiger partial charge in [0, 0.05) is 12.1 Å². The van der Waals surface area contributed by atoms with E-state index in [0.717, 1.165) is 23.2 Å². The van der Waals surface area contributed by atoms with E-state index in [2.05, 4.69) is 17.6 Å². The lowest BCUT2D eigenvalue weighted by atomic mass is 10.0. The first-order valence-electron chi connectivity index (χ1n) is 6.04. The maximum absolute atomic E-state index is 12.0. The van der Waals surface area contributed by atoms with Crippen molar-refractivity contribution in [2.24, 2.45) is 5.92 Å². The zero-order chi connectivity index (χ0) is 12.8. The lowest BCUT2D eigenvalue weighted by molar-refractivity contribution is 0.0947. The Morgan fingerprint density at radius 1 is 1.29 bits per heavy atom. The molecular weight excluding hydrogens is 212 g/mol. The van der Waals surface area contributed by atoms with Gasteiger partial charge in [0.1, 0.15) is 0 Å². The second-order valence-electron chi connectivity index (χ2n) is 4.69. The molecule has 0 aromatic heterocycles. The van der Waals surface area contributed by atoms with Crippen LogP contribution in [0.25, 0.3) is 0 Å². The summed E-state index contributed by atoms with van der Waals surface area (Å²) >= 11 is 0. The van der Waals surface area contributed by atoms with Gasteiger partial charge in [-0.2, -0.15) is 0 Å². The van der Waals surface area contributed by atoms with Gasteiger partial charge in [-0.3, -0.25) is 4.79 Å². The predicted octanol–water partition coefficient (Wildman–Crippen LogP) is 1.89. The van der Waals surface area contributed by atoms with Gasteiger partial charge in [-0.25, -0.2) is 0 Å². The van der Waals surface area contributed by atoms with Crippen molar-refractivity contribution >= 4 is 5.91 Å². The Bertz CT molecular complexity index is 388. The average Bonchev–Trinajstić information content (AvgIpc) is 2.29. The molecule has 0 aliphatic rings. The van der Waals surface area contributed by atoms with E-state index in [1.54, 1.807) is 0 Å². The van der Waals surface area contributed by atoms with Crippen LogP contribution < -0.4 is 10.6 Å². The van der Waals surface area contributed by atoms with Gasteiger partial charge in [0.15, 0.2) is 0 Å². The minimum atomic E-state index is 0.0224. The van der Waals surface area contributed by atoms with Crippen LogP contribution in [0.1, 0.15) is 28.4 Å². The molecule has 1 atom stereocenters. The van der Waals surface area contributed by atoms with E-state index < -0.39 is 0 Å². The highest BCUT2D eigenvalue weighted by Gasteiger charge is 2.10. The van der Waals surface area contributed by atoms with Gasteiger partial charge in [0.2, 0.25) is 0 Å². The van der Waals surface area contributed by atoms with Crippen LogP contribution in [-0.2, 0) is 0 Å². The van der Waals surface area contributed by atoms with Crippen LogP contribution in [0.3, 0.4) is 0 Å². The summed E-state index contributed by atoms with van der Waals surface area (Å²) in [7, 11) is 1.92. The van der Waals surface area contributed by atoms with Crippen molar-refractivity contribution in [3.8, 4) is 0 Å². The van der Waals surface area contributed by atoms with Crippen molar-refractivity contribution < 1.29 is 4.79 Å². The number of nitrogens with one attached hydrogen (secondary N) is 2. The molecule has 0 saturated heterocycles. The Morgan fingerprint density at radius 2 is 2.00 bits per heavy atom. The first kappa shape index (κ1) is 13.7. The molecule has 0 aliphatic heterocycles. The third kappa shape index (κ3) is 4.19. The Balaban J connectivity index is 2.61. The van der Waals surface area contributed by atoms with Gasteiger partial charge in [0.25, 0.3) is 5.91 Å². The highest BCUT2D eigenvalue weighted by molar-refractivity contribution is 5.95. The number of benzene rings is 1. The lowest BCUT2D eigenvalue weighted by Crippen LogP contribution is -2.32. The molecule has 3 nitrogen and oxygen atoms in total. The Morgan fingerprint density at radius 3 is 2.65 bits per heavy atom. The standard InChI is InChI=1S/C14H22N2O/c1-10-5-6-12(3)13(7-10)14(17)16-9-11(2)8-15-4/h5-7,11,15H,8-9H2,1-4H3,(H,16,17). The second-order valence-corrected chi connectivity index (χ2v) is 4.69. The van der Waals surface area contributed by atoms with Gasteiger partial charge in [-0.15, -0.1) is 0 Å². The minimum Gasteiger partial charge on any atom is -0.352 e. The zero-order valence-electron chi connectivity index (χ0n) is 11.1. The molecule has 1 amide bonds. The number of carbonyl (C=O) groups is 1. The molecule has 0 bridgehead atoms. The van der Waals surface area contributed by atoms with Crippen molar-refractivity contribution in [2.45, 2.75) is 20.8 Å². The molecule has 3 heteroatoms. The second kappa shape index (κ2) is 6.40. The third-order valence-corrected chi connectivity index (χ3v) is 2.80. The number of hydrogen-bond acceptors (Lipinski definition) is 2. The van der Waals surface area contributed by atoms with Crippen molar-refractivity contribution in [1.82, 2.24) is 10.6 Å². The molecule has 1 unspecified atom stereocenters. The average molecular weight is 234 g/mol. The van der Waals surface area contributed by atoms with E-state index in [1.807, 2.05) is 39.1 Å². The molecule has 0 radical (unpaired) electrons. The van der Waals surface area contributed by atoms with E-state index in [-0.39, 0.29) is 5.91 Å². The molecule has 0 aliphatic carbocycles. The van der Waals surface area contributed by atoms with Crippen LogP contribution >= 0.6 is 0 Å². The maximum atomic E-state index is 12.0. The fourth-order valence-corrected chi connectivity index (χ4v) is 1.76. The van der Waals surface area contributed by atoms with Crippen molar-refractivity contribution in [1.29, 1.82) is 0 Å². The molecule has 0 heterocycles. The summed E-state index contributed by atoms with van der Waals surface area (Å²) < 4.78 is 0. The number of aryl methyl sites for hydroxylation is 2. The number of hydrogen-bond donors (Lipinski definition) is 2. The summed E-state index contributed by atoms with van der Waals surface area (Å²) in [6, 6.07) is 5.95. The smallest absolute Gasteiger partial charge is 0.251 e. The molecular formula is C14H22N2O. The Hall–Kier alpha value is -1.35. The molecule has 17 heavy (non-hydrogen) atoms. The lowest BCUT2D eigenvalue weighted by Gasteiger charge is -2.13. The molecule has 1 rings (SSSR count). The van der Waals surface area contributed by atoms with E-state index >= 15 is 0 Å². The van der Waals surface area contributed by atoms with Crippen molar-refractivity contribution in [3.63, 3.8) is 0 Å². The van der Waals surface area contributed by atoms with Gasteiger partial charge in [0.05, 0.1) is 0 Å². The van der Waals surface area contributed by atoms with Crippen LogP contribution in [0.2, 0.25) is 0 Å². The fourth-order valence-electron chi connectivity index (χ4n) is 1.76. The fraction of sp³-hybridized carbons (Fsp3) is 0.500. The largest absolute Gasteiger partial charge is 0.352 e. The molecule has 0 fully saturated rings.